The Morgan fingerprint density at radius 2 is 1.97 bits per heavy atom. The summed E-state index contributed by atoms with van der Waals surface area (Å²) in [4.78, 5) is 24.4. The molecule has 30 heavy (non-hydrogen) atoms. The number of anilines is 3. The van der Waals surface area contributed by atoms with Crippen molar-refractivity contribution in [3.63, 3.8) is 0 Å². The Hall–Kier alpha value is -2.35. The van der Waals surface area contributed by atoms with Gasteiger partial charge in [0.15, 0.2) is 5.78 Å². The van der Waals surface area contributed by atoms with Crippen LogP contribution in [0.4, 0.5) is 17.6 Å². The summed E-state index contributed by atoms with van der Waals surface area (Å²) in [6.07, 6.45) is 2.08. The Bertz CT molecular complexity index is 1070. The van der Waals surface area contributed by atoms with E-state index in [9.17, 15) is 4.79 Å². The summed E-state index contributed by atoms with van der Waals surface area (Å²) in [7, 11) is 0. The summed E-state index contributed by atoms with van der Waals surface area (Å²) in [5, 5.41) is 4.41. The lowest BCUT2D eigenvalue weighted by molar-refractivity contribution is -0.116. The minimum atomic E-state index is -0.424. The number of carbonyl (C=O) groups is 1. The number of nitrogens with two attached hydrogens (primary N) is 1. The molecule has 3 aliphatic rings. The standard InChI is InChI=1S/C21H21Cl2N5O2/c22-11-4-5-12(13(23)10-11)16-17-14(2-1-3-15(17)29)25-20-18(16)19(24)26-21(27-20)28-6-8-30-9-7-28/h4-5,10,16H,1-3,6-9H2,(H3,24,25,26,27). The van der Waals surface area contributed by atoms with Crippen LogP contribution in [0, 0.1) is 0 Å². The lowest BCUT2D eigenvalue weighted by Crippen LogP contribution is -2.38. The number of allylic oxidation sites excluding steroid dienone is 2. The Morgan fingerprint density at radius 3 is 2.73 bits per heavy atom. The third-order valence-electron chi connectivity index (χ3n) is 5.83. The van der Waals surface area contributed by atoms with E-state index in [1.165, 1.54) is 0 Å². The predicted molar refractivity (Wildman–Crippen MR) is 117 cm³/mol. The molecular formula is C21H21Cl2N5O2. The van der Waals surface area contributed by atoms with Gasteiger partial charge in [0, 0.05) is 52.3 Å². The largest absolute Gasteiger partial charge is 0.383 e. The lowest BCUT2D eigenvalue weighted by atomic mass is 9.76. The smallest absolute Gasteiger partial charge is 0.229 e. The quantitative estimate of drug-likeness (QED) is 0.726. The summed E-state index contributed by atoms with van der Waals surface area (Å²) >= 11 is 12.7. The Kier molecular flexibility index (Phi) is 5.05. The SMILES string of the molecule is Nc1nc(N2CCOCC2)nc2c1C(c1ccc(Cl)cc1Cl)C1=C(CCCC1=O)N2. The van der Waals surface area contributed by atoms with Crippen molar-refractivity contribution in [1.29, 1.82) is 0 Å². The molecule has 5 rings (SSSR count). The topological polar surface area (TPSA) is 93.4 Å². The van der Waals surface area contributed by atoms with E-state index in [1.807, 2.05) is 6.07 Å². The number of carbonyl (C=O) groups excluding carboxylic acids is 1. The molecule has 1 aliphatic carbocycles. The highest BCUT2D eigenvalue weighted by molar-refractivity contribution is 6.35. The molecule has 2 aromatic rings. The lowest BCUT2D eigenvalue weighted by Gasteiger charge is -2.35. The molecule has 1 unspecified atom stereocenters. The maximum absolute atomic E-state index is 13.0. The Morgan fingerprint density at radius 1 is 1.17 bits per heavy atom. The minimum Gasteiger partial charge on any atom is -0.383 e. The average molecular weight is 446 g/mol. The molecule has 0 spiro atoms. The number of hydrogen-bond donors (Lipinski definition) is 2. The van der Waals surface area contributed by atoms with Crippen LogP contribution in [0.15, 0.2) is 29.5 Å². The maximum atomic E-state index is 13.0. The molecule has 1 fully saturated rings. The molecule has 156 valence electrons. The minimum absolute atomic E-state index is 0.0991. The molecule has 7 nitrogen and oxygen atoms in total. The van der Waals surface area contributed by atoms with E-state index in [0.717, 1.165) is 24.1 Å². The van der Waals surface area contributed by atoms with E-state index in [-0.39, 0.29) is 5.78 Å². The van der Waals surface area contributed by atoms with Crippen LogP contribution in [0.2, 0.25) is 10.0 Å². The van der Waals surface area contributed by atoms with Crippen molar-refractivity contribution >= 4 is 46.6 Å². The van der Waals surface area contributed by atoms with E-state index in [1.54, 1.807) is 12.1 Å². The van der Waals surface area contributed by atoms with Crippen LogP contribution in [0.1, 0.15) is 36.3 Å². The van der Waals surface area contributed by atoms with E-state index in [2.05, 4.69) is 15.2 Å². The first-order valence-corrected chi connectivity index (χ1v) is 10.8. The molecule has 3 N–H and O–H groups in total. The average Bonchev–Trinajstić information content (AvgIpc) is 2.73. The van der Waals surface area contributed by atoms with Crippen LogP contribution in [-0.4, -0.2) is 42.1 Å². The van der Waals surface area contributed by atoms with Gasteiger partial charge in [-0.3, -0.25) is 4.79 Å². The number of nitrogen functional groups attached to an aromatic ring is 1. The highest BCUT2D eigenvalue weighted by Crippen LogP contribution is 2.48. The zero-order chi connectivity index (χ0) is 20.8. The number of nitrogens with one attached hydrogen (secondary N) is 1. The zero-order valence-electron chi connectivity index (χ0n) is 16.3. The first kappa shape index (κ1) is 19.6. The number of morpholine rings is 1. The predicted octanol–water partition coefficient (Wildman–Crippen LogP) is 3.77. The molecule has 1 aromatic heterocycles. The summed E-state index contributed by atoms with van der Waals surface area (Å²) in [6, 6.07) is 5.32. The summed E-state index contributed by atoms with van der Waals surface area (Å²) in [5.41, 5.74) is 9.53. The summed E-state index contributed by atoms with van der Waals surface area (Å²) in [5.74, 6) is 1.22. The van der Waals surface area contributed by atoms with Crippen molar-refractivity contribution in [1.82, 2.24) is 9.97 Å². The number of ether oxygens (including phenoxy) is 1. The van der Waals surface area contributed by atoms with Crippen LogP contribution in [0.3, 0.4) is 0 Å². The molecule has 0 saturated carbocycles. The second kappa shape index (κ2) is 7.72. The molecule has 1 aromatic carbocycles. The normalized spacial score (nSPS) is 21.2. The van der Waals surface area contributed by atoms with Crippen molar-refractivity contribution in [3.05, 3.63) is 50.6 Å². The van der Waals surface area contributed by atoms with Gasteiger partial charge in [0.2, 0.25) is 5.95 Å². The van der Waals surface area contributed by atoms with Crippen molar-refractivity contribution in [2.24, 2.45) is 0 Å². The summed E-state index contributed by atoms with van der Waals surface area (Å²) < 4.78 is 5.43. The highest BCUT2D eigenvalue weighted by atomic mass is 35.5. The molecule has 0 radical (unpaired) electrons. The fourth-order valence-corrected chi connectivity index (χ4v) is 4.94. The van der Waals surface area contributed by atoms with Gasteiger partial charge in [-0.15, -0.1) is 0 Å². The Labute approximate surface area is 184 Å². The molecule has 9 heteroatoms. The van der Waals surface area contributed by atoms with Crippen molar-refractivity contribution in [2.75, 3.05) is 42.3 Å². The Balaban J connectivity index is 1.68. The van der Waals surface area contributed by atoms with E-state index in [4.69, 9.17) is 38.7 Å². The second-order valence-corrected chi connectivity index (χ2v) is 8.51. The maximum Gasteiger partial charge on any atom is 0.229 e. The number of nitrogens with zero attached hydrogens (tertiary/aromatic N) is 3. The van der Waals surface area contributed by atoms with Gasteiger partial charge in [-0.25, -0.2) is 0 Å². The van der Waals surface area contributed by atoms with Gasteiger partial charge in [-0.1, -0.05) is 29.3 Å². The molecule has 0 bridgehead atoms. The molecule has 1 atom stereocenters. The molecule has 1 saturated heterocycles. The number of fused-ring (bicyclic) bond motifs is 1. The van der Waals surface area contributed by atoms with Gasteiger partial charge in [0.25, 0.3) is 0 Å². The highest BCUT2D eigenvalue weighted by Gasteiger charge is 2.39. The van der Waals surface area contributed by atoms with Crippen LogP contribution >= 0.6 is 23.2 Å². The second-order valence-electron chi connectivity index (χ2n) is 7.66. The van der Waals surface area contributed by atoms with Gasteiger partial charge in [-0.05, 0) is 30.5 Å². The van der Waals surface area contributed by atoms with Gasteiger partial charge in [0.05, 0.1) is 13.2 Å². The zero-order valence-corrected chi connectivity index (χ0v) is 17.8. The molecule has 0 amide bonds. The monoisotopic (exact) mass is 445 g/mol. The number of rotatable bonds is 2. The van der Waals surface area contributed by atoms with Crippen molar-refractivity contribution in [3.8, 4) is 0 Å². The number of ketones is 1. The van der Waals surface area contributed by atoms with E-state index < -0.39 is 5.92 Å². The van der Waals surface area contributed by atoms with Gasteiger partial charge < -0.3 is 20.7 Å². The van der Waals surface area contributed by atoms with Crippen LogP contribution in [-0.2, 0) is 9.53 Å². The van der Waals surface area contributed by atoms with Gasteiger partial charge in [-0.2, -0.15) is 9.97 Å². The third-order valence-corrected chi connectivity index (χ3v) is 6.40. The number of aromatic nitrogens is 2. The number of Topliss-reactive ketones (excluding diaryl/α,β-unsaturated/α-hetero) is 1. The first-order valence-electron chi connectivity index (χ1n) is 10.0. The number of hydrogen-bond acceptors (Lipinski definition) is 7. The molecular weight excluding hydrogens is 425 g/mol. The van der Waals surface area contributed by atoms with Crippen LogP contribution < -0.4 is 16.0 Å². The fraction of sp³-hybridized carbons (Fsp3) is 0.381. The van der Waals surface area contributed by atoms with E-state index >= 15 is 0 Å². The summed E-state index contributed by atoms with van der Waals surface area (Å²) in [6.45, 7) is 2.66. The van der Waals surface area contributed by atoms with Crippen LogP contribution in [0.25, 0.3) is 0 Å². The molecule has 3 heterocycles. The van der Waals surface area contributed by atoms with Gasteiger partial charge >= 0.3 is 0 Å². The van der Waals surface area contributed by atoms with Crippen LogP contribution in [0.5, 0.6) is 0 Å². The van der Waals surface area contributed by atoms with Crippen molar-refractivity contribution < 1.29 is 9.53 Å². The van der Waals surface area contributed by atoms with E-state index in [0.29, 0.717) is 71.5 Å². The molecule has 2 aliphatic heterocycles. The fourth-order valence-electron chi connectivity index (χ4n) is 4.42. The number of benzene rings is 1. The third kappa shape index (κ3) is 3.31. The number of halogens is 2. The first-order chi connectivity index (χ1) is 14.5. The van der Waals surface area contributed by atoms with Gasteiger partial charge in [0.1, 0.15) is 11.6 Å². The van der Waals surface area contributed by atoms with Crippen molar-refractivity contribution in [2.45, 2.75) is 25.2 Å².